The second-order valence-corrected chi connectivity index (χ2v) is 3.94. The third-order valence-corrected chi connectivity index (χ3v) is 2.82. The highest BCUT2D eigenvalue weighted by Gasteiger charge is 2.07. The Hall–Kier alpha value is -0.410. The third-order valence-electron chi connectivity index (χ3n) is 2.02. The summed E-state index contributed by atoms with van der Waals surface area (Å²) in [6, 6.07) is 0. The van der Waals surface area contributed by atoms with Crippen LogP contribution in [-0.2, 0) is 6.42 Å². The van der Waals surface area contributed by atoms with Gasteiger partial charge >= 0.3 is 0 Å². The highest BCUT2D eigenvalue weighted by molar-refractivity contribution is 7.09. The van der Waals surface area contributed by atoms with Crippen LogP contribution in [0.1, 0.15) is 18.4 Å². The molecular formula is C9H16N2S. The van der Waals surface area contributed by atoms with Gasteiger partial charge in [-0.2, -0.15) is 0 Å². The number of hydrogen-bond acceptors (Lipinski definition) is 3. The van der Waals surface area contributed by atoms with E-state index in [1.165, 1.54) is 11.4 Å². The molecule has 0 fully saturated rings. The zero-order chi connectivity index (χ0) is 8.81. The van der Waals surface area contributed by atoms with Crippen molar-refractivity contribution in [3.8, 4) is 0 Å². The molecule has 2 nitrogen and oxygen atoms in total. The van der Waals surface area contributed by atoms with E-state index in [1.54, 1.807) is 11.3 Å². The van der Waals surface area contributed by atoms with Crippen molar-refractivity contribution in [1.82, 2.24) is 10.3 Å². The van der Waals surface area contributed by atoms with Crippen molar-refractivity contribution < 1.29 is 0 Å². The lowest BCUT2D eigenvalue weighted by atomic mass is 10.0. The molecule has 0 aromatic carbocycles. The first-order valence-corrected chi connectivity index (χ1v) is 5.27. The van der Waals surface area contributed by atoms with Gasteiger partial charge in [-0.15, -0.1) is 11.3 Å². The molecule has 68 valence electrons. The van der Waals surface area contributed by atoms with Crippen molar-refractivity contribution in [3.05, 3.63) is 16.6 Å². The van der Waals surface area contributed by atoms with E-state index >= 15 is 0 Å². The summed E-state index contributed by atoms with van der Waals surface area (Å²) < 4.78 is 0. The van der Waals surface area contributed by atoms with E-state index in [0.29, 0.717) is 0 Å². The average molecular weight is 184 g/mol. The highest BCUT2D eigenvalue weighted by Crippen LogP contribution is 2.13. The van der Waals surface area contributed by atoms with Crippen molar-refractivity contribution in [1.29, 1.82) is 0 Å². The molecule has 1 aromatic heterocycles. The van der Waals surface area contributed by atoms with Gasteiger partial charge in [0.1, 0.15) is 0 Å². The maximum atomic E-state index is 4.28. The Morgan fingerprint density at radius 1 is 1.67 bits per heavy atom. The molecule has 1 rings (SSSR count). The normalized spacial score (nSPS) is 13.2. The van der Waals surface area contributed by atoms with Gasteiger partial charge in [0.15, 0.2) is 0 Å². The SMILES string of the molecule is CCC(CNC)Cc1nccs1. The summed E-state index contributed by atoms with van der Waals surface area (Å²) in [5.41, 5.74) is 0. The lowest BCUT2D eigenvalue weighted by molar-refractivity contribution is 0.480. The van der Waals surface area contributed by atoms with Crippen LogP contribution in [0.4, 0.5) is 0 Å². The first-order chi connectivity index (χ1) is 5.86. The van der Waals surface area contributed by atoms with E-state index in [4.69, 9.17) is 0 Å². The van der Waals surface area contributed by atoms with Gasteiger partial charge in [-0.1, -0.05) is 13.3 Å². The number of rotatable bonds is 5. The third kappa shape index (κ3) is 2.91. The molecule has 1 heterocycles. The Kier molecular flexibility index (Phi) is 4.25. The van der Waals surface area contributed by atoms with Gasteiger partial charge in [0.05, 0.1) is 5.01 Å². The van der Waals surface area contributed by atoms with Gasteiger partial charge in [0.2, 0.25) is 0 Å². The van der Waals surface area contributed by atoms with Gasteiger partial charge < -0.3 is 5.32 Å². The molecule has 0 saturated heterocycles. The lowest BCUT2D eigenvalue weighted by Gasteiger charge is -2.11. The molecule has 1 unspecified atom stereocenters. The van der Waals surface area contributed by atoms with Crippen molar-refractivity contribution in [2.75, 3.05) is 13.6 Å². The van der Waals surface area contributed by atoms with Crippen molar-refractivity contribution in [2.24, 2.45) is 5.92 Å². The molecule has 0 aliphatic heterocycles. The Bertz CT molecular complexity index is 196. The van der Waals surface area contributed by atoms with Gasteiger partial charge in [-0.05, 0) is 19.5 Å². The molecule has 0 spiro atoms. The fraction of sp³-hybridized carbons (Fsp3) is 0.667. The van der Waals surface area contributed by atoms with Gasteiger partial charge in [0, 0.05) is 18.0 Å². The smallest absolute Gasteiger partial charge is 0.0928 e. The fourth-order valence-corrected chi connectivity index (χ4v) is 1.98. The molecule has 0 saturated carbocycles. The molecule has 12 heavy (non-hydrogen) atoms. The standard InChI is InChI=1S/C9H16N2S/c1-3-8(7-10-2)6-9-11-4-5-12-9/h4-5,8,10H,3,6-7H2,1-2H3. The van der Waals surface area contributed by atoms with Crippen LogP contribution < -0.4 is 5.32 Å². The Labute approximate surface area is 78.0 Å². The summed E-state index contributed by atoms with van der Waals surface area (Å²) in [5, 5.41) is 6.51. The highest BCUT2D eigenvalue weighted by atomic mass is 32.1. The van der Waals surface area contributed by atoms with Crippen LogP contribution in [-0.4, -0.2) is 18.6 Å². The van der Waals surface area contributed by atoms with Crippen LogP contribution in [0, 0.1) is 5.92 Å². The van der Waals surface area contributed by atoms with Crippen molar-refractivity contribution in [3.63, 3.8) is 0 Å². The number of aromatic nitrogens is 1. The molecule has 0 aliphatic carbocycles. The topological polar surface area (TPSA) is 24.9 Å². The largest absolute Gasteiger partial charge is 0.319 e. The predicted molar refractivity (Wildman–Crippen MR) is 53.5 cm³/mol. The van der Waals surface area contributed by atoms with Gasteiger partial charge in [0.25, 0.3) is 0 Å². The Morgan fingerprint density at radius 2 is 2.50 bits per heavy atom. The minimum atomic E-state index is 0.737. The second-order valence-electron chi connectivity index (χ2n) is 2.96. The van der Waals surface area contributed by atoms with Crippen LogP contribution >= 0.6 is 11.3 Å². The van der Waals surface area contributed by atoms with Crippen molar-refractivity contribution >= 4 is 11.3 Å². The summed E-state index contributed by atoms with van der Waals surface area (Å²) in [7, 11) is 2.00. The molecule has 0 radical (unpaired) electrons. The molecule has 1 atom stereocenters. The number of thiazole rings is 1. The molecular weight excluding hydrogens is 168 g/mol. The summed E-state index contributed by atoms with van der Waals surface area (Å²) in [6.45, 7) is 3.33. The van der Waals surface area contributed by atoms with Crippen molar-refractivity contribution in [2.45, 2.75) is 19.8 Å². The minimum Gasteiger partial charge on any atom is -0.319 e. The van der Waals surface area contributed by atoms with E-state index in [0.717, 1.165) is 18.9 Å². The summed E-state index contributed by atoms with van der Waals surface area (Å²) in [6.07, 6.45) is 4.22. The maximum absolute atomic E-state index is 4.28. The summed E-state index contributed by atoms with van der Waals surface area (Å²) in [4.78, 5) is 4.28. The van der Waals surface area contributed by atoms with E-state index in [1.807, 2.05) is 18.6 Å². The van der Waals surface area contributed by atoms with Crippen LogP contribution in [0.3, 0.4) is 0 Å². The maximum Gasteiger partial charge on any atom is 0.0928 e. The van der Waals surface area contributed by atoms with E-state index in [9.17, 15) is 0 Å². The van der Waals surface area contributed by atoms with Crippen LogP contribution in [0.2, 0.25) is 0 Å². The Balaban J connectivity index is 2.37. The van der Waals surface area contributed by atoms with Crippen LogP contribution in [0.15, 0.2) is 11.6 Å². The lowest BCUT2D eigenvalue weighted by Crippen LogP contribution is -2.19. The number of hydrogen-bond donors (Lipinski definition) is 1. The van der Waals surface area contributed by atoms with Gasteiger partial charge in [-0.3, -0.25) is 0 Å². The van der Waals surface area contributed by atoms with E-state index in [-0.39, 0.29) is 0 Å². The Morgan fingerprint density at radius 3 is 3.00 bits per heavy atom. The zero-order valence-electron chi connectivity index (χ0n) is 7.71. The average Bonchev–Trinajstić information content (AvgIpc) is 2.56. The second kappa shape index (κ2) is 5.27. The predicted octanol–water partition coefficient (Wildman–Crippen LogP) is 1.93. The fourth-order valence-electron chi connectivity index (χ4n) is 1.25. The summed E-state index contributed by atoms with van der Waals surface area (Å²) in [5.74, 6) is 0.737. The molecule has 0 bridgehead atoms. The van der Waals surface area contributed by atoms with E-state index in [2.05, 4.69) is 17.2 Å². The first-order valence-electron chi connectivity index (χ1n) is 4.39. The van der Waals surface area contributed by atoms with E-state index < -0.39 is 0 Å². The number of nitrogens with one attached hydrogen (secondary N) is 1. The van der Waals surface area contributed by atoms with Crippen LogP contribution in [0.5, 0.6) is 0 Å². The summed E-state index contributed by atoms with van der Waals surface area (Å²) >= 11 is 1.75. The zero-order valence-corrected chi connectivity index (χ0v) is 8.53. The molecule has 3 heteroatoms. The number of nitrogens with zero attached hydrogens (tertiary/aromatic N) is 1. The molecule has 0 aliphatic rings. The molecule has 1 N–H and O–H groups in total. The monoisotopic (exact) mass is 184 g/mol. The minimum absolute atomic E-state index is 0.737. The van der Waals surface area contributed by atoms with Crippen LogP contribution in [0.25, 0.3) is 0 Å². The quantitative estimate of drug-likeness (QED) is 0.756. The van der Waals surface area contributed by atoms with Gasteiger partial charge in [-0.25, -0.2) is 4.98 Å². The first kappa shape index (κ1) is 9.68. The molecule has 0 amide bonds. The molecule has 1 aromatic rings.